The maximum absolute atomic E-state index is 11.1. The molecule has 0 unspecified atom stereocenters. The van der Waals surface area contributed by atoms with Gasteiger partial charge in [-0.2, -0.15) is 0 Å². The van der Waals surface area contributed by atoms with Crippen molar-refractivity contribution in [2.24, 2.45) is 16.0 Å². The fourth-order valence-electron chi connectivity index (χ4n) is 5.03. The zero-order chi connectivity index (χ0) is 23.6. The number of rotatable bonds is 22. The fraction of sp³-hybridized carbons (Fsp3) is 1.00. The molecule has 2 N–H and O–H groups in total. The molecule has 0 aromatic rings. The molecule has 0 amide bonds. The second-order valence-corrected chi connectivity index (χ2v) is 11.6. The van der Waals surface area contributed by atoms with Crippen LogP contribution in [-0.4, -0.2) is 27.4 Å². The predicted octanol–water partition coefficient (Wildman–Crippen LogP) is 7.61. The zero-order valence-electron chi connectivity index (χ0n) is 21.6. The van der Waals surface area contributed by atoms with Gasteiger partial charge >= 0.3 is 0 Å². The third-order valence-electron chi connectivity index (χ3n) is 7.94. The summed E-state index contributed by atoms with van der Waals surface area (Å²) in [6, 6.07) is 0. The van der Waals surface area contributed by atoms with Gasteiger partial charge in [0.15, 0.2) is 0 Å². The van der Waals surface area contributed by atoms with Gasteiger partial charge in [-0.3, -0.25) is 0 Å². The molecule has 31 heavy (non-hydrogen) atoms. The zero-order valence-corrected chi connectivity index (χ0v) is 22.5. The summed E-state index contributed by atoms with van der Waals surface area (Å²) < 4.78 is 28.2. The third-order valence-corrected chi connectivity index (χ3v) is 8.80. The van der Waals surface area contributed by atoms with Crippen LogP contribution in [0.1, 0.15) is 137 Å². The van der Waals surface area contributed by atoms with E-state index in [0.717, 1.165) is 45.3 Å². The smallest absolute Gasteiger partial charge is 0.209 e. The highest BCUT2D eigenvalue weighted by Gasteiger charge is 2.25. The monoisotopic (exact) mass is 461 g/mol. The minimum absolute atomic E-state index is 0.112. The first-order valence-electron chi connectivity index (χ1n) is 13.3. The Bertz CT molecular complexity index is 511. The van der Waals surface area contributed by atoms with Crippen LogP contribution in [0.25, 0.3) is 0 Å². The lowest BCUT2D eigenvalue weighted by atomic mass is 9.74. The summed E-state index contributed by atoms with van der Waals surface area (Å²) in [6.45, 7) is 13.3. The van der Waals surface area contributed by atoms with Crippen molar-refractivity contribution in [3.63, 3.8) is 0 Å². The highest BCUT2D eigenvalue weighted by molar-refractivity contribution is 7.89. The number of nitrogens with two attached hydrogens (primary N) is 1. The van der Waals surface area contributed by atoms with Crippen LogP contribution in [0.4, 0.5) is 0 Å². The molecule has 0 heterocycles. The van der Waals surface area contributed by atoms with Crippen molar-refractivity contribution in [2.45, 2.75) is 137 Å². The maximum Gasteiger partial charge on any atom is 0.209 e. The molecule has 5 heteroatoms. The van der Waals surface area contributed by atoms with Gasteiger partial charge in [0.05, 0.1) is 5.75 Å². The first-order chi connectivity index (χ1) is 14.7. The lowest BCUT2D eigenvalue weighted by molar-refractivity contribution is 0.113. The van der Waals surface area contributed by atoms with E-state index in [-0.39, 0.29) is 5.75 Å². The van der Waals surface area contributed by atoms with Gasteiger partial charge in [0, 0.05) is 13.2 Å². The van der Waals surface area contributed by atoms with Crippen LogP contribution in [0.15, 0.2) is 0 Å². The van der Waals surface area contributed by atoms with Crippen molar-refractivity contribution < 1.29 is 13.2 Å². The van der Waals surface area contributed by atoms with Crippen molar-refractivity contribution >= 4 is 10.0 Å². The van der Waals surface area contributed by atoms with E-state index in [0.29, 0.717) is 17.3 Å². The van der Waals surface area contributed by atoms with Gasteiger partial charge < -0.3 is 4.74 Å². The molecule has 0 aromatic heterocycles. The second-order valence-electron chi connectivity index (χ2n) is 9.87. The molecule has 0 spiro atoms. The molecule has 0 aliphatic rings. The molecule has 0 fully saturated rings. The van der Waals surface area contributed by atoms with Gasteiger partial charge in [-0.05, 0) is 55.8 Å². The lowest BCUT2D eigenvalue weighted by Crippen LogP contribution is -2.21. The maximum atomic E-state index is 11.1. The van der Waals surface area contributed by atoms with Gasteiger partial charge in [0.1, 0.15) is 0 Å². The minimum atomic E-state index is -3.32. The van der Waals surface area contributed by atoms with E-state index >= 15 is 0 Å². The summed E-state index contributed by atoms with van der Waals surface area (Å²) in [4.78, 5) is 0. The van der Waals surface area contributed by atoms with Gasteiger partial charge in [0.25, 0.3) is 0 Å². The number of hydrogen-bond donors (Lipinski definition) is 1. The van der Waals surface area contributed by atoms with Crippen molar-refractivity contribution in [1.82, 2.24) is 0 Å². The highest BCUT2D eigenvalue weighted by atomic mass is 32.2. The van der Waals surface area contributed by atoms with Crippen LogP contribution in [0, 0.1) is 10.8 Å². The van der Waals surface area contributed by atoms with Crippen LogP contribution in [0.3, 0.4) is 0 Å². The molecule has 4 nitrogen and oxygen atoms in total. The molecule has 0 aliphatic heterocycles. The Balaban J connectivity index is 3.99. The predicted molar refractivity (Wildman–Crippen MR) is 136 cm³/mol. The molecule has 0 bridgehead atoms. The molecule has 0 radical (unpaired) electrons. The van der Waals surface area contributed by atoms with Gasteiger partial charge in [-0.1, -0.05) is 92.4 Å². The van der Waals surface area contributed by atoms with Crippen molar-refractivity contribution in [2.75, 3.05) is 19.0 Å². The Morgan fingerprint density at radius 2 is 1.00 bits per heavy atom. The van der Waals surface area contributed by atoms with Crippen molar-refractivity contribution in [1.29, 1.82) is 0 Å². The second kappa shape index (κ2) is 17.4. The number of sulfonamides is 1. The summed E-state index contributed by atoms with van der Waals surface area (Å²) in [5.74, 6) is 0.112. The molecular weight excluding hydrogens is 406 g/mol. The molecule has 0 saturated heterocycles. The largest absolute Gasteiger partial charge is 0.381 e. The summed E-state index contributed by atoms with van der Waals surface area (Å²) in [5.41, 5.74) is 0.911. The van der Waals surface area contributed by atoms with E-state index in [2.05, 4.69) is 34.6 Å². The highest BCUT2D eigenvalue weighted by Crippen LogP contribution is 2.38. The summed E-state index contributed by atoms with van der Waals surface area (Å²) in [7, 11) is -3.32. The Morgan fingerprint density at radius 3 is 1.35 bits per heavy atom. The third kappa shape index (κ3) is 14.6. The van der Waals surface area contributed by atoms with E-state index in [9.17, 15) is 8.42 Å². The SMILES string of the molecule is CCCCC(CC)(CC)CCCCOCCCCC(CC)(CC)CCCCS(N)(=O)=O. The van der Waals surface area contributed by atoms with E-state index < -0.39 is 10.0 Å². The number of primary sulfonamides is 1. The topological polar surface area (TPSA) is 69.4 Å². The summed E-state index contributed by atoms with van der Waals surface area (Å²) >= 11 is 0. The molecular formula is C26H55NO3S. The summed E-state index contributed by atoms with van der Waals surface area (Å²) in [5, 5.41) is 5.12. The number of unbranched alkanes of at least 4 members (excludes halogenated alkanes) is 4. The molecule has 0 atom stereocenters. The van der Waals surface area contributed by atoms with Crippen LogP contribution in [-0.2, 0) is 14.8 Å². The Morgan fingerprint density at radius 1 is 0.613 bits per heavy atom. The molecule has 0 aliphatic carbocycles. The van der Waals surface area contributed by atoms with Crippen molar-refractivity contribution in [3.05, 3.63) is 0 Å². The first-order valence-corrected chi connectivity index (χ1v) is 15.0. The van der Waals surface area contributed by atoms with Crippen LogP contribution >= 0.6 is 0 Å². The van der Waals surface area contributed by atoms with Crippen LogP contribution in [0.5, 0.6) is 0 Å². The Kier molecular flexibility index (Phi) is 17.3. The average molecular weight is 462 g/mol. The average Bonchev–Trinajstić information content (AvgIpc) is 2.76. The Hall–Kier alpha value is -0.130. The van der Waals surface area contributed by atoms with Gasteiger partial charge in [0.2, 0.25) is 10.0 Å². The minimum Gasteiger partial charge on any atom is -0.381 e. The van der Waals surface area contributed by atoms with E-state index in [1.165, 1.54) is 64.2 Å². The lowest BCUT2D eigenvalue weighted by Gasteiger charge is -2.32. The van der Waals surface area contributed by atoms with E-state index in [4.69, 9.17) is 9.88 Å². The Labute approximate surface area is 195 Å². The van der Waals surface area contributed by atoms with E-state index in [1.807, 2.05) is 0 Å². The normalized spacial score (nSPS) is 13.1. The molecule has 188 valence electrons. The first kappa shape index (κ1) is 30.9. The van der Waals surface area contributed by atoms with E-state index in [1.54, 1.807) is 0 Å². The number of ether oxygens (including phenoxy) is 1. The standard InChI is InChI=1S/C26H55NO3S/c1-6-11-18-25(7-2,8-3)19-12-15-22-30-23-16-13-20-26(9-4,10-5)21-14-17-24-31(27,28)29/h6-24H2,1-5H3,(H2,27,28,29). The molecule has 0 aromatic carbocycles. The molecule has 0 saturated carbocycles. The van der Waals surface area contributed by atoms with Crippen molar-refractivity contribution in [3.8, 4) is 0 Å². The summed E-state index contributed by atoms with van der Waals surface area (Å²) in [6.07, 6.45) is 19.1. The number of hydrogen-bond acceptors (Lipinski definition) is 3. The fourth-order valence-corrected chi connectivity index (χ4v) is 5.64. The quantitative estimate of drug-likeness (QED) is 0.169. The van der Waals surface area contributed by atoms with Gasteiger partial charge in [-0.15, -0.1) is 0 Å². The van der Waals surface area contributed by atoms with Crippen LogP contribution < -0.4 is 5.14 Å². The van der Waals surface area contributed by atoms with Gasteiger partial charge in [-0.25, -0.2) is 13.6 Å². The molecule has 0 rings (SSSR count). The van der Waals surface area contributed by atoms with Crippen LogP contribution in [0.2, 0.25) is 0 Å².